The van der Waals surface area contributed by atoms with E-state index in [1.54, 1.807) is 35.1 Å². The van der Waals surface area contributed by atoms with Crippen molar-refractivity contribution in [3.63, 3.8) is 0 Å². The minimum absolute atomic E-state index is 0.0120. The highest BCUT2D eigenvalue weighted by Crippen LogP contribution is 2.30. The second-order valence-electron chi connectivity index (χ2n) is 6.98. The van der Waals surface area contributed by atoms with Crippen LogP contribution in [0, 0.1) is 0 Å². The van der Waals surface area contributed by atoms with Gasteiger partial charge in [-0.1, -0.05) is 18.2 Å². The van der Waals surface area contributed by atoms with Gasteiger partial charge in [-0.25, -0.2) is 4.98 Å². The molecule has 3 heterocycles. The summed E-state index contributed by atoms with van der Waals surface area (Å²) in [5.41, 5.74) is 9.64. The Morgan fingerprint density at radius 2 is 1.83 bits per heavy atom. The van der Waals surface area contributed by atoms with Crippen molar-refractivity contribution >= 4 is 34.3 Å². The maximum Gasteiger partial charge on any atom is 0.220 e. The van der Waals surface area contributed by atoms with Crippen LogP contribution in [0.4, 0.5) is 5.69 Å². The third kappa shape index (κ3) is 5.31. The first kappa shape index (κ1) is 20.3. The zero-order valence-electron chi connectivity index (χ0n) is 16.3. The lowest BCUT2D eigenvalue weighted by molar-refractivity contribution is -0.121. The number of thiophene rings is 1. The molecule has 0 aliphatic rings. The molecule has 3 aromatic heterocycles. The number of carbonyl (C=O) groups is 1. The first-order valence-corrected chi connectivity index (χ1v) is 11.5. The number of amides is 1. The summed E-state index contributed by atoms with van der Waals surface area (Å²) in [5, 5.41) is 8.25. The van der Waals surface area contributed by atoms with E-state index in [1.165, 1.54) is 0 Å². The number of nitrogens with zero attached hydrogens (tertiary/aromatic N) is 2. The van der Waals surface area contributed by atoms with Gasteiger partial charge in [-0.3, -0.25) is 9.78 Å². The van der Waals surface area contributed by atoms with Crippen LogP contribution in [0.5, 0.6) is 0 Å². The van der Waals surface area contributed by atoms with E-state index < -0.39 is 0 Å². The molecule has 0 radical (unpaired) electrons. The zero-order chi connectivity index (χ0) is 20.8. The topological polar surface area (TPSA) is 80.9 Å². The maximum absolute atomic E-state index is 12.7. The SMILES string of the molecule is Nc1ccc(C[C@H](NC(=O)CCc2ccncc2)c2csc(-c3cccs3)n2)cc1. The number of hydrogen-bond donors (Lipinski definition) is 2. The predicted octanol–water partition coefficient (Wildman–Crippen LogP) is 4.88. The molecule has 0 spiro atoms. The van der Waals surface area contributed by atoms with E-state index >= 15 is 0 Å². The molecule has 1 amide bonds. The van der Waals surface area contributed by atoms with E-state index in [0.29, 0.717) is 19.3 Å². The van der Waals surface area contributed by atoms with Gasteiger partial charge >= 0.3 is 0 Å². The fourth-order valence-electron chi connectivity index (χ4n) is 3.15. The van der Waals surface area contributed by atoms with Gasteiger partial charge in [0, 0.05) is 29.9 Å². The Hall–Kier alpha value is -3.03. The van der Waals surface area contributed by atoms with Gasteiger partial charge in [0.1, 0.15) is 5.01 Å². The van der Waals surface area contributed by atoms with E-state index in [0.717, 1.165) is 32.4 Å². The van der Waals surface area contributed by atoms with Gasteiger partial charge in [0.25, 0.3) is 0 Å². The van der Waals surface area contributed by atoms with Crippen molar-refractivity contribution in [1.29, 1.82) is 0 Å². The van der Waals surface area contributed by atoms with Crippen LogP contribution in [0.25, 0.3) is 9.88 Å². The standard InChI is InChI=1S/C23H22N4OS2/c24-18-6-3-17(4-7-18)14-19(20-15-30-23(27-20)21-2-1-13-29-21)26-22(28)8-5-16-9-11-25-12-10-16/h1-4,6-7,9-13,15,19H,5,8,14,24H2,(H,26,28)/t19-/m0/s1. The van der Waals surface area contributed by atoms with Crippen LogP contribution < -0.4 is 11.1 Å². The lowest BCUT2D eigenvalue weighted by atomic mass is 10.0. The Kier molecular flexibility index (Phi) is 6.51. The Balaban J connectivity index is 1.49. The minimum atomic E-state index is -0.191. The highest BCUT2D eigenvalue weighted by Gasteiger charge is 2.19. The van der Waals surface area contributed by atoms with Crippen molar-refractivity contribution < 1.29 is 4.79 Å². The quantitative estimate of drug-likeness (QED) is 0.387. The number of pyridine rings is 1. The van der Waals surface area contributed by atoms with E-state index in [9.17, 15) is 4.79 Å². The van der Waals surface area contributed by atoms with Crippen LogP contribution in [0.1, 0.15) is 29.3 Å². The summed E-state index contributed by atoms with van der Waals surface area (Å²) in [5.74, 6) is 0.0120. The largest absolute Gasteiger partial charge is 0.399 e. The molecule has 0 unspecified atom stereocenters. The van der Waals surface area contributed by atoms with Crippen LogP contribution in [-0.4, -0.2) is 15.9 Å². The first-order chi connectivity index (χ1) is 14.7. The Labute approximate surface area is 183 Å². The molecule has 5 nitrogen and oxygen atoms in total. The van der Waals surface area contributed by atoms with Crippen molar-refractivity contribution in [2.45, 2.75) is 25.3 Å². The van der Waals surface area contributed by atoms with Crippen molar-refractivity contribution in [3.05, 3.63) is 88.5 Å². The summed E-state index contributed by atoms with van der Waals surface area (Å²) < 4.78 is 0. The van der Waals surface area contributed by atoms with Gasteiger partial charge in [0.05, 0.1) is 16.6 Å². The van der Waals surface area contributed by atoms with Crippen LogP contribution in [0.15, 0.2) is 71.7 Å². The second-order valence-corrected chi connectivity index (χ2v) is 8.78. The van der Waals surface area contributed by atoms with Crippen molar-refractivity contribution in [2.24, 2.45) is 0 Å². The summed E-state index contributed by atoms with van der Waals surface area (Å²) in [6.45, 7) is 0. The molecule has 0 saturated heterocycles. The summed E-state index contributed by atoms with van der Waals surface area (Å²) >= 11 is 3.27. The predicted molar refractivity (Wildman–Crippen MR) is 123 cm³/mol. The number of thiazole rings is 1. The van der Waals surface area contributed by atoms with Crippen LogP contribution in [-0.2, 0) is 17.6 Å². The number of carbonyl (C=O) groups excluding carboxylic acids is 1. The number of aromatic nitrogens is 2. The Morgan fingerprint density at radius 3 is 2.57 bits per heavy atom. The highest BCUT2D eigenvalue weighted by molar-refractivity contribution is 7.20. The number of nitrogens with two attached hydrogens (primary N) is 1. The Morgan fingerprint density at radius 1 is 1.03 bits per heavy atom. The molecule has 1 aromatic carbocycles. The fourth-order valence-corrected chi connectivity index (χ4v) is 4.84. The molecule has 4 rings (SSSR count). The number of benzene rings is 1. The van der Waals surface area contributed by atoms with Crippen LogP contribution in [0.3, 0.4) is 0 Å². The maximum atomic E-state index is 12.7. The van der Waals surface area contributed by atoms with E-state index in [-0.39, 0.29) is 11.9 Å². The number of aryl methyl sites for hydroxylation is 1. The average molecular weight is 435 g/mol. The molecule has 0 saturated carbocycles. The molecule has 7 heteroatoms. The first-order valence-electron chi connectivity index (χ1n) is 9.69. The fraction of sp³-hybridized carbons (Fsp3) is 0.174. The molecule has 152 valence electrons. The highest BCUT2D eigenvalue weighted by atomic mass is 32.1. The lowest BCUT2D eigenvalue weighted by Crippen LogP contribution is -2.30. The molecular weight excluding hydrogens is 412 g/mol. The van der Waals surface area contributed by atoms with E-state index in [2.05, 4.69) is 16.4 Å². The van der Waals surface area contributed by atoms with Gasteiger partial charge < -0.3 is 11.1 Å². The van der Waals surface area contributed by atoms with Gasteiger partial charge in [-0.15, -0.1) is 22.7 Å². The smallest absolute Gasteiger partial charge is 0.220 e. The molecule has 3 N–H and O–H groups in total. The second kappa shape index (κ2) is 9.65. The third-order valence-electron chi connectivity index (χ3n) is 4.76. The molecule has 0 aliphatic carbocycles. The van der Waals surface area contributed by atoms with Gasteiger partial charge in [0.15, 0.2) is 0 Å². The Bertz CT molecular complexity index is 1080. The molecule has 0 fully saturated rings. The van der Waals surface area contributed by atoms with Crippen LogP contribution in [0.2, 0.25) is 0 Å². The monoisotopic (exact) mass is 434 g/mol. The van der Waals surface area contributed by atoms with Gasteiger partial charge in [0.2, 0.25) is 5.91 Å². The summed E-state index contributed by atoms with van der Waals surface area (Å²) in [4.78, 5) is 22.7. The molecule has 30 heavy (non-hydrogen) atoms. The minimum Gasteiger partial charge on any atom is -0.399 e. The molecule has 1 atom stereocenters. The summed E-state index contributed by atoms with van der Waals surface area (Å²) in [7, 11) is 0. The molecule has 4 aromatic rings. The molecular formula is C23H22N4OS2. The van der Waals surface area contributed by atoms with E-state index in [4.69, 9.17) is 10.7 Å². The zero-order valence-corrected chi connectivity index (χ0v) is 18.0. The number of rotatable bonds is 8. The van der Waals surface area contributed by atoms with E-state index in [1.807, 2.05) is 53.2 Å². The van der Waals surface area contributed by atoms with Gasteiger partial charge in [-0.05, 0) is 59.7 Å². The van der Waals surface area contributed by atoms with Crippen LogP contribution >= 0.6 is 22.7 Å². The summed E-state index contributed by atoms with van der Waals surface area (Å²) in [6.07, 6.45) is 5.26. The third-order valence-corrected chi connectivity index (χ3v) is 6.66. The summed E-state index contributed by atoms with van der Waals surface area (Å²) in [6, 6.07) is 15.5. The van der Waals surface area contributed by atoms with Crippen molar-refractivity contribution in [2.75, 3.05) is 5.73 Å². The number of nitrogen functional groups attached to an aromatic ring is 1. The molecule has 0 aliphatic heterocycles. The average Bonchev–Trinajstić information content (AvgIpc) is 3.46. The van der Waals surface area contributed by atoms with Crippen molar-refractivity contribution in [3.8, 4) is 9.88 Å². The lowest BCUT2D eigenvalue weighted by Gasteiger charge is -2.17. The molecule has 0 bridgehead atoms. The number of anilines is 1. The normalized spacial score (nSPS) is 11.9. The number of nitrogens with one attached hydrogen (secondary N) is 1. The number of hydrogen-bond acceptors (Lipinski definition) is 6. The van der Waals surface area contributed by atoms with Crippen molar-refractivity contribution in [1.82, 2.24) is 15.3 Å². The van der Waals surface area contributed by atoms with Gasteiger partial charge in [-0.2, -0.15) is 0 Å².